The van der Waals surface area contributed by atoms with E-state index >= 15 is 0 Å². The van der Waals surface area contributed by atoms with Gasteiger partial charge in [0.1, 0.15) is 0 Å². The first-order valence-corrected chi connectivity index (χ1v) is 11.4. The topological polar surface area (TPSA) is 53.7 Å². The zero-order valence-corrected chi connectivity index (χ0v) is 19.1. The summed E-state index contributed by atoms with van der Waals surface area (Å²) in [4.78, 5) is 22.4. The number of piperidine rings is 1. The maximum Gasteiger partial charge on any atom is 0.254 e. The molecule has 1 aromatic carbocycles. The van der Waals surface area contributed by atoms with E-state index in [0.717, 1.165) is 58.9 Å². The lowest BCUT2D eigenvalue weighted by Gasteiger charge is -2.29. The monoisotopic (exact) mass is 437 g/mol. The Balaban J connectivity index is 1.39. The molecule has 1 amide bonds. The van der Waals surface area contributed by atoms with Crippen LogP contribution in [0, 0.1) is 19.8 Å². The van der Waals surface area contributed by atoms with Crippen LogP contribution in [0.5, 0.6) is 0 Å². The normalized spacial score (nSPS) is 17.5. The summed E-state index contributed by atoms with van der Waals surface area (Å²) in [5, 5.41) is 5.36. The number of fused-ring (bicyclic) bond motifs is 3. The van der Waals surface area contributed by atoms with Gasteiger partial charge in [-0.25, -0.2) is 9.50 Å². The SMILES string of the molecule is Cc1nc2c3c(nn2c(C)c1Cl)CN(C(=O)c1ccccc1CC1CCN(C)CC1)C3. The van der Waals surface area contributed by atoms with Crippen LogP contribution in [-0.4, -0.2) is 50.4 Å². The third-order valence-electron chi connectivity index (χ3n) is 6.84. The van der Waals surface area contributed by atoms with Crippen LogP contribution in [0.2, 0.25) is 5.02 Å². The highest BCUT2D eigenvalue weighted by atomic mass is 35.5. The third kappa shape index (κ3) is 3.62. The van der Waals surface area contributed by atoms with Gasteiger partial charge in [-0.15, -0.1) is 0 Å². The predicted molar refractivity (Wildman–Crippen MR) is 121 cm³/mol. The Bertz CT molecular complexity index is 1160. The average molecular weight is 438 g/mol. The van der Waals surface area contributed by atoms with Gasteiger partial charge in [-0.2, -0.15) is 5.10 Å². The lowest BCUT2D eigenvalue weighted by Crippen LogP contribution is -2.31. The maximum atomic E-state index is 13.5. The van der Waals surface area contributed by atoms with Crippen molar-refractivity contribution in [3.8, 4) is 0 Å². The summed E-state index contributed by atoms with van der Waals surface area (Å²) >= 11 is 6.35. The second-order valence-corrected chi connectivity index (χ2v) is 9.40. The first-order chi connectivity index (χ1) is 14.9. The van der Waals surface area contributed by atoms with Gasteiger partial charge in [-0.3, -0.25) is 4.79 Å². The molecule has 0 unspecified atom stereocenters. The fraction of sp³-hybridized carbons (Fsp3) is 0.458. The zero-order valence-electron chi connectivity index (χ0n) is 18.4. The van der Waals surface area contributed by atoms with Gasteiger partial charge >= 0.3 is 0 Å². The summed E-state index contributed by atoms with van der Waals surface area (Å²) in [5.41, 5.74) is 6.43. The molecule has 4 heterocycles. The third-order valence-corrected chi connectivity index (χ3v) is 7.38. The molecule has 5 rings (SSSR count). The molecule has 2 aromatic heterocycles. The summed E-state index contributed by atoms with van der Waals surface area (Å²) < 4.78 is 1.82. The van der Waals surface area contributed by atoms with Crippen molar-refractivity contribution in [3.05, 3.63) is 63.1 Å². The number of halogens is 1. The van der Waals surface area contributed by atoms with Crippen molar-refractivity contribution in [1.82, 2.24) is 24.4 Å². The van der Waals surface area contributed by atoms with Crippen LogP contribution in [0.1, 0.15) is 51.4 Å². The Morgan fingerprint density at radius 3 is 2.68 bits per heavy atom. The van der Waals surface area contributed by atoms with Crippen LogP contribution in [0.3, 0.4) is 0 Å². The second-order valence-electron chi connectivity index (χ2n) is 9.03. The van der Waals surface area contributed by atoms with E-state index in [9.17, 15) is 4.79 Å². The molecule has 1 saturated heterocycles. The van der Waals surface area contributed by atoms with Crippen molar-refractivity contribution >= 4 is 23.2 Å². The molecule has 0 bridgehead atoms. The highest BCUT2D eigenvalue weighted by molar-refractivity contribution is 6.31. The van der Waals surface area contributed by atoms with E-state index in [2.05, 4.69) is 23.0 Å². The molecular formula is C24H28ClN5O. The summed E-state index contributed by atoms with van der Waals surface area (Å²) in [6.45, 7) is 7.18. The Kier molecular flexibility index (Phi) is 5.22. The van der Waals surface area contributed by atoms with Crippen LogP contribution in [0.4, 0.5) is 0 Å². The number of likely N-dealkylation sites (tertiary alicyclic amines) is 1. The molecule has 0 N–H and O–H groups in total. The molecule has 0 radical (unpaired) electrons. The summed E-state index contributed by atoms with van der Waals surface area (Å²) in [7, 11) is 2.18. The summed E-state index contributed by atoms with van der Waals surface area (Å²) in [6.07, 6.45) is 3.36. The number of hydrogen-bond acceptors (Lipinski definition) is 4. The molecule has 2 aliphatic heterocycles. The van der Waals surface area contributed by atoms with Crippen LogP contribution in [0.15, 0.2) is 24.3 Å². The molecule has 1 fully saturated rings. The maximum absolute atomic E-state index is 13.5. The molecule has 7 heteroatoms. The van der Waals surface area contributed by atoms with Crippen molar-refractivity contribution < 1.29 is 4.79 Å². The van der Waals surface area contributed by atoms with E-state index in [1.165, 1.54) is 12.8 Å². The highest BCUT2D eigenvalue weighted by Gasteiger charge is 2.31. The van der Waals surface area contributed by atoms with Crippen molar-refractivity contribution in [3.63, 3.8) is 0 Å². The minimum absolute atomic E-state index is 0.0853. The Morgan fingerprint density at radius 1 is 1.16 bits per heavy atom. The van der Waals surface area contributed by atoms with Crippen molar-refractivity contribution in [2.75, 3.05) is 20.1 Å². The Hall–Kier alpha value is -2.44. The number of aryl methyl sites for hydroxylation is 2. The van der Waals surface area contributed by atoms with Gasteiger partial charge in [0.2, 0.25) is 0 Å². The van der Waals surface area contributed by atoms with Crippen LogP contribution in [0.25, 0.3) is 5.65 Å². The largest absolute Gasteiger partial charge is 0.328 e. The van der Waals surface area contributed by atoms with Gasteiger partial charge in [0.15, 0.2) is 5.65 Å². The van der Waals surface area contributed by atoms with Crippen molar-refractivity contribution in [2.45, 2.75) is 46.2 Å². The number of carbonyl (C=O) groups is 1. The summed E-state index contributed by atoms with van der Waals surface area (Å²) in [5.74, 6) is 0.729. The van der Waals surface area contributed by atoms with E-state index in [4.69, 9.17) is 16.7 Å². The highest BCUT2D eigenvalue weighted by Crippen LogP contribution is 2.31. The Morgan fingerprint density at radius 2 is 1.90 bits per heavy atom. The fourth-order valence-electron chi connectivity index (χ4n) is 4.91. The number of aromatic nitrogens is 3. The van der Waals surface area contributed by atoms with Crippen molar-refractivity contribution in [1.29, 1.82) is 0 Å². The molecule has 162 valence electrons. The van der Waals surface area contributed by atoms with Gasteiger partial charge in [-0.05, 0) is 70.8 Å². The molecule has 0 saturated carbocycles. The molecule has 0 atom stereocenters. The van der Waals surface area contributed by atoms with Gasteiger partial charge in [0, 0.05) is 11.1 Å². The van der Waals surface area contributed by atoms with Gasteiger partial charge in [0.25, 0.3) is 5.91 Å². The van der Waals surface area contributed by atoms with Gasteiger partial charge < -0.3 is 9.80 Å². The van der Waals surface area contributed by atoms with E-state index < -0.39 is 0 Å². The van der Waals surface area contributed by atoms with Crippen molar-refractivity contribution in [2.24, 2.45) is 5.92 Å². The molecular weight excluding hydrogens is 410 g/mol. The first kappa shape index (κ1) is 20.5. The lowest BCUT2D eigenvalue weighted by atomic mass is 9.88. The van der Waals surface area contributed by atoms with E-state index in [0.29, 0.717) is 24.0 Å². The predicted octanol–water partition coefficient (Wildman–Crippen LogP) is 4.04. The zero-order chi connectivity index (χ0) is 21.7. The fourth-order valence-corrected chi connectivity index (χ4v) is 5.03. The van der Waals surface area contributed by atoms with E-state index in [1.54, 1.807) is 0 Å². The molecule has 3 aromatic rings. The number of benzene rings is 1. The van der Waals surface area contributed by atoms with E-state index in [-0.39, 0.29) is 5.91 Å². The smallest absolute Gasteiger partial charge is 0.254 e. The molecule has 31 heavy (non-hydrogen) atoms. The standard InChI is InChI=1S/C24H28ClN5O/c1-15-22(25)16(2)30-23(26-15)20-13-29(14-21(20)27-30)24(31)19-7-5-4-6-18(19)12-17-8-10-28(3)11-9-17/h4-7,17H,8-14H2,1-3H3. The van der Waals surface area contributed by atoms with Gasteiger partial charge in [-0.1, -0.05) is 29.8 Å². The molecule has 6 nitrogen and oxygen atoms in total. The number of carbonyl (C=O) groups excluding carboxylic acids is 1. The molecule has 0 aliphatic carbocycles. The molecule has 2 aliphatic rings. The summed E-state index contributed by atoms with van der Waals surface area (Å²) in [6, 6.07) is 8.11. The van der Waals surface area contributed by atoms with Gasteiger partial charge in [0.05, 0.1) is 35.2 Å². The number of nitrogens with zero attached hydrogens (tertiary/aromatic N) is 5. The first-order valence-electron chi connectivity index (χ1n) is 11.0. The minimum Gasteiger partial charge on any atom is -0.328 e. The number of amides is 1. The lowest BCUT2D eigenvalue weighted by molar-refractivity contribution is 0.0748. The molecule has 0 spiro atoms. The Labute approximate surface area is 187 Å². The number of hydrogen-bond donors (Lipinski definition) is 0. The van der Waals surface area contributed by atoms with Crippen LogP contribution >= 0.6 is 11.6 Å². The second kappa shape index (κ2) is 7.92. The van der Waals surface area contributed by atoms with Crippen LogP contribution in [-0.2, 0) is 19.5 Å². The van der Waals surface area contributed by atoms with E-state index in [1.807, 2.05) is 41.5 Å². The quantitative estimate of drug-likeness (QED) is 0.620. The van der Waals surface area contributed by atoms with Crippen LogP contribution < -0.4 is 0 Å². The average Bonchev–Trinajstić information content (AvgIpc) is 3.33. The number of rotatable bonds is 3. The minimum atomic E-state index is 0.0853.